The van der Waals surface area contributed by atoms with Crippen LogP contribution >= 0.6 is 23.8 Å². The van der Waals surface area contributed by atoms with Crippen molar-refractivity contribution in [1.29, 1.82) is 0 Å². The molecule has 36 heavy (non-hydrogen) atoms. The van der Waals surface area contributed by atoms with Gasteiger partial charge in [-0.1, -0.05) is 29.9 Å². The van der Waals surface area contributed by atoms with Crippen molar-refractivity contribution in [2.24, 2.45) is 5.73 Å². The Labute approximate surface area is 221 Å². The zero-order valence-electron chi connectivity index (χ0n) is 20.3. The topological polar surface area (TPSA) is 102 Å². The lowest BCUT2D eigenvalue weighted by Gasteiger charge is -2.32. The number of benzene rings is 1. The van der Waals surface area contributed by atoms with E-state index < -0.39 is 0 Å². The molecule has 1 aromatic heterocycles. The Morgan fingerprint density at radius 2 is 2.19 bits per heavy atom. The number of para-hydroxylation sites is 1. The lowest BCUT2D eigenvalue weighted by atomic mass is 10.0. The molecule has 3 heterocycles. The van der Waals surface area contributed by atoms with Gasteiger partial charge < -0.3 is 30.2 Å². The van der Waals surface area contributed by atoms with E-state index in [2.05, 4.69) is 22.2 Å². The smallest absolute Gasteiger partial charge is 0.263 e. The summed E-state index contributed by atoms with van der Waals surface area (Å²) in [5.41, 5.74) is 8.45. The molecule has 0 radical (unpaired) electrons. The van der Waals surface area contributed by atoms with Crippen molar-refractivity contribution in [3.05, 3.63) is 58.5 Å². The number of carbonyl (C=O) groups is 1. The number of nitrogens with zero attached hydrogens (tertiary/aromatic N) is 3. The van der Waals surface area contributed by atoms with E-state index in [0.717, 1.165) is 18.7 Å². The number of hydrogen-bond donors (Lipinski definition) is 2. The van der Waals surface area contributed by atoms with Gasteiger partial charge in [-0.3, -0.25) is 14.7 Å². The number of nitrogens with one attached hydrogen (secondary N) is 1. The second-order valence-corrected chi connectivity index (χ2v) is 9.42. The fourth-order valence-electron chi connectivity index (χ4n) is 4.27. The van der Waals surface area contributed by atoms with Crippen LogP contribution in [0.2, 0.25) is 5.02 Å². The number of nitrogens with two attached hydrogens (primary N) is 1. The third-order valence-electron chi connectivity index (χ3n) is 6.35. The highest BCUT2D eigenvalue weighted by Gasteiger charge is 2.32. The highest BCUT2D eigenvalue weighted by molar-refractivity contribution is 7.80. The first-order valence-corrected chi connectivity index (χ1v) is 12.4. The van der Waals surface area contributed by atoms with Gasteiger partial charge >= 0.3 is 0 Å². The van der Waals surface area contributed by atoms with E-state index in [1.165, 1.54) is 7.11 Å². The van der Waals surface area contributed by atoms with Crippen LogP contribution in [-0.2, 0) is 16.1 Å². The number of likely N-dealkylation sites (N-methyl/N-ethyl adjacent to an activating group) is 1. The SMILES string of the molecule is COc1c(Cl)cccc1N1CCC(NCc2ccncc2OC[C@H]2COCCN2C)=C(C(N)=S)C1=O. The minimum atomic E-state index is -0.302. The van der Waals surface area contributed by atoms with Crippen LogP contribution in [0.25, 0.3) is 0 Å². The van der Waals surface area contributed by atoms with Gasteiger partial charge in [-0.2, -0.15) is 0 Å². The average molecular weight is 532 g/mol. The number of anilines is 1. The summed E-state index contributed by atoms with van der Waals surface area (Å²) >= 11 is 11.5. The van der Waals surface area contributed by atoms with E-state index in [0.29, 0.717) is 60.6 Å². The van der Waals surface area contributed by atoms with Gasteiger partial charge in [-0.15, -0.1) is 0 Å². The van der Waals surface area contributed by atoms with Crippen LogP contribution in [-0.4, -0.2) is 73.9 Å². The summed E-state index contributed by atoms with van der Waals surface area (Å²) in [4.78, 5) is 21.5. The number of aromatic nitrogens is 1. The zero-order chi connectivity index (χ0) is 25.7. The Morgan fingerprint density at radius 3 is 2.94 bits per heavy atom. The number of pyridine rings is 1. The second kappa shape index (κ2) is 11.9. The van der Waals surface area contributed by atoms with E-state index >= 15 is 0 Å². The molecule has 2 aliphatic rings. The molecule has 0 spiro atoms. The van der Waals surface area contributed by atoms with E-state index in [1.807, 2.05) is 6.07 Å². The molecule has 9 nitrogen and oxygen atoms in total. The molecule has 1 amide bonds. The molecule has 11 heteroatoms. The van der Waals surface area contributed by atoms with Gasteiger partial charge in [0.25, 0.3) is 5.91 Å². The van der Waals surface area contributed by atoms with Gasteiger partial charge in [0.05, 0.1) is 48.8 Å². The summed E-state index contributed by atoms with van der Waals surface area (Å²) in [5, 5.41) is 3.78. The number of carbonyl (C=O) groups excluding carboxylic acids is 1. The van der Waals surface area contributed by atoms with Crippen molar-refractivity contribution in [2.75, 3.05) is 52.0 Å². The van der Waals surface area contributed by atoms with Crippen molar-refractivity contribution in [1.82, 2.24) is 15.2 Å². The van der Waals surface area contributed by atoms with Crippen molar-refractivity contribution in [3.63, 3.8) is 0 Å². The van der Waals surface area contributed by atoms with Gasteiger partial charge in [0.2, 0.25) is 0 Å². The number of thiocarbonyl (C=S) groups is 1. The largest absolute Gasteiger partial charge is 0.493 e. The molecule has 192 valence electrons. The summed E-state index contributed by atoms with van der Waals surface area (Å²) in [5.74, 6) is 0.802. The van der Waals surface area contributed by atoms with E-state index in [4.69, 9.17) is 43.8 Å². The minimum Gasteiger partial charge on any atom is -0.493 e. The molecule has 0 bridgehead atoms. The monoisotopic (exact) mass is 531 g/mol. The Bertz CT molecular complexity index is 1160. The number of methoxy groups -OCH3 is 1. The number of ether oxygens (including phenoxy) is 3. The maximum absolute atomic E-state index is 13.5. The standard InChI is InChI=1S/C25H30ClN5O4S/c1-30-10-11-34-14-17(30)15-35-21-13-28-8-6-16(21)12-29-19-7-9-31(25(32)22(19)24(27)36)20-5-3-4-18(26)23(20)33-2/h3-6,8,13,17,29H,7,9-12,14-15H2,1-2H3,(H2,27,36)/t17-/m1/s1. The molecule has 1 aromatic carbocycles. The lowest BCUT2D eigenvalue weighted by molar-refractivity contribution is -0.115. The van der Waals surface area contributed by atoms with Gasteiger partial charge in [0.15, 0.2) is 5.75 Å². The predicted octanol–water partition coefficient (Wildman–Crippen LogP) is 2.52. The Hall–Kier alpha value is -2.92. The second-order valence-electron chi connectivity index (χ2n) is 8.57. The third-order valence-corrected chi connectivity index (χ3v) is 6.85. The van der Waals surface area contributed by atoms with Crippen LogP contribution in [0.4, 0.5) is 5.69 Å². The maximum Gasteiger partial charge on any atom is 0.263 e. The van der Waals surface area contributed by atoms with Crippen molar-refractivity contribution in [2.45, 2.75) is 19.0 Å². The molecular weight excluding hydrogens is 502 g/mol. The average Bonchev–Trinajstić information content (AvgIpc) is 2.87. The number of rotatable bonds is 9. The summed E-state index contributed by atoms with van der Waals surface area (Å²) in [6, 6.07) is 7.33. The summed E-state index contributed by atoms with van der Waals surface area (Å²) in [6.45, 7) is 3.56. The number of morpholine rings is 1. The summed E-state index contributed by atoms with van der Waals surface area (Å²) < 4.78 is 17.1. The van der Waals surface area contributed by atoms with Crippen molar-refractivity contribution >= 4 is 40.4 Å². The van der Waals surface area contributed by atoms with E-state index in [9.17, 15) is 4.79 Å². The Morgan fingerprint density at radius 1 is 1.36 bits per heavy atom. The Balaban J connectivity index is 1.50. The first-order valence-electron chi connectivity index (χ1n) is 11.7. The van der Waals surface area contributed by atoms with Gasteiger partial charge in [-0.05, 0) is 25.2 Å². The van der Waals surface area contributed by atoms with Crippen molar-refractivity contribution in [3.8, 4) is 11.5 Å². The highest BCUT2D eigenvalue weighted by atomic mass is 35.5. The van der Waals surface area contributed by atoms with E-state index in [1.54, 1.807) is 35.5 Å². The van der Waals surface area contributed by atoms with Crippen LogP contribution in [0.1, 0.15) is 12.0 Å². The summed E-state index contributed by atoms with van der Waals surface area (Å²) in [7, 11) is 3.58. The van der Waals surface area contributed by atoms with Crippen LogP contribution in [0.15, 0.2) is 47.9 Å². The molecule has 0 aliphatic carbocycles. The number of hydrogen-bond acceptors (Lipinski definition) is 8. The minimum absolute atomic E-state index is 0.0275. The van der Waals surface area contributed by atoms with Crippen LogP contribution in [0.3, 0.4) is 0 Å². The molecule has 0 saturated carbocycles. The van der Waals surface area contributed by atoms with Crippen LogP contribution in [0, 0.1) is 0 Å². The summed E-state index contributed by atoms with van der Waals surface area (Å²) in [6.07, 6.45) is 3.93. The molecule has 1 fully saturated rings. The third kappa shape index (κ3) is 5.73. The first kappa shape index (κ1) is 26.2. The van der Waals surface area contributed by atoms with E-state index in [-0.39, 0.29) is 22.5 Å². The maximum atomic E-state index is 13.5. The molecular formula is C25H30ClN5O4S. The normalized spacial score (nSPS) is 18.8. The number of halogens is 1. The Kier molecular flexibility index (Phi) is 8.63. The zero-order valence-corrected chi connectivity index (χ0v) is 21.9. The van der Waals surface area contributed by atoms with Crippen LogP contribution < -0.4 is 25.4 Å². The lowest BCUT2D eigenvalue weighted by Crippen LogP contribution is -2.46. The molecule has 1 saturated heterocycles. The molecule has 0 unspecified atom stereocenters. The fourth-order valence-corrected chi connectivity index (χ4v) is 4.73. The quantitative estimate of drug-likeness (QED) is 0.472. The fraction of sp³-hybridized carbons (Fsp3) is 0.400. The van der Waals surface area contributed by atoms with Crippen LogP contribution in [0.5, 0.6) is 11.5 Å². The molecule has 4 rings (SSSR count). The molecule has 2 aromatic rings. The molecule has 2 aliphatic heterocycles. The van der Waals surface area contributed by atoms with Gasteiger partial charge in [0, 0.05) is 43.5 Å². The molecule has 1 atom stereocenters. The number of amides is 1. The highest BCUT2D eigenvalue weighted by Crippen LogP contribution is 2.37. The van der Waals surface area contributed by atoms with Crippen molar-refractivity contribution < 1.29 is 19.0 Å². The van der Waals surface area contributed by atoms with Gasteiger partial charge in [0.1, 0.15) is 17.3 Å². The first-order chi connectivity index (χ1) is 17.4. The van der Waals surface area contributed by atoms with Gasteiger partial charge in [-0.25, -0.2) is 0 Å². The predicted molar refractivity (Wildman–Crippen MR) is 143 cm³/mol. The molecule has 3 N–H and O–H groups in total.